The van der Waals surface area contributed by atoms with Gasteiger partial charge in [-0.15, -0.1) is 0 Å². The number of alkyl halides is 1. The van der Waals surface area contributed by atoms with E-state index in [9.17, 15) is 4.79 Å². The number of halogens is 1. The highest BCUT2D eigenvalue weighted by Gasteiger charge is 2.24. The molecule has 0 saturated carbocycles. The largest absolute Gasteiger partial charge is 0.299 e. The number of Topliss-reactive ketones (excluding diaryl/α,β-unsaturated/α-hetero) is 1. The fourth-order valence-electron chi connectivity index (χ4n) is 2.15. The Kier molecular flexibility index (Phi) is 6.03. The summed E-state index contributed by atoms with van der Waals surface area (Å²) in [5, 5.41) is 0. The number of benzene rings is 1. The summed E-state index contributed by atoms with van der Waals surface area (Å²) in [4.78, 5) is 11.6. The van der Waals surface area contributed by atoms with Crippen LogP contribution in [0, 0.1) is 0 Å². The van der Waals surface area contributed by atoms with Gasteiger partial charge in [0.05, 0.1) is 0 Å². The Balaban J connectivity index is 0.000000386. The molecule has 0 N–H and O–H groups in total. The Bertz CT molecular complexity index is 346. The fraction of sp³-hybridized carbons (Fsp3) is 0.500. The Morgan fingerprint density at radius 1 is 1.25 bits per heavy atom. The molecule has 0 aliphatic heterocycles. The molecule has 0 fully saturated rings. The van der Waals surface area contributed by atoms with E-state index in [0.717, 1.165) is 19.3 Å². The highest BCUT2D eigenvalue weighted by atomic mass is 127. The van der Waals surface area contributed by atoms with Crippen LogP contribution in [-0.4, -0.2) is 10.2 Å². The molecule has 0 spiro atoms. The lowest BCUT2D eigenvalue weighted by molar-refractivity contribution is -0.121. The van der Waals surface area contributed by atoms with Gasteiger partial charge in [0, 0.05) is 12.3 Å². The van der Waals surface area contributed by atoms with Gasteiger partial charge in [-0.05, 0) is 28.4 Å². The van der Waals surface area contributed by atoms with Crippen LogP contribution in [0.4, 0.5) is 0 Å². The van der Waals surface area contributed by atoms with E-state index in [1.165, 1.54) is 15.6 Å². The van der Waals surface area contributed by atoms with Gasteiger partial charge < -0.3 is 0 Å². The molecule has 1 aliphatic carbocycles. The second kappa shape index (κ2) is 7.05. The smallest absolute Gasteiger partial charge is 0.140 e. The summed E-state index contributed by atoms with van der Waals surface area (Å²) in [5.74, 6) is 0.589. The summed E-state index contributed by atoms with van der Waals surface area (Å²) in [6.45, 7) is 4.20. The minimum absolute atomic E-state index is 0.171. The van der Waals surface area contributed by atoms with Crippen LogP contribution >= 0.6 is 22.6 Å². The van der Waals surface area contributed by atoms with Crippen LogP contribution in [0.5, 0.6) is 0 Å². The summed E-state index contributed by atoms with van der Waals surface area (Å²) < 4.78 is 1.22. The zero-order chi connectivity index (χ0) is 12.0. The predicted octanol–water partition coefficient (Wildman–Crippen LogP) is 4.14. The van der Waals surface area contributed by atoms with E-state index in [4.69, 9.17) is 0 Å². The molecule has 1 aromatic rings. The van der Waals surface area contributed by atoms with Crippen LogP contribution in [-0.2, 0) is 11.2 Å². The van der Waals surface area contributed by atoms with Crippen molar-refractivity contribution in [2.45, 2.75) is 39.0 Å². The van der Waals surface area contributed by atoms with Crippen LogP contribution in [0.15, 0.2) is 24.3 Å². The average molecular weight is 330 g/mol. The molecule has 2 heteroatoms. The number of carbonyl (C=O) groups is 1. The van der Waals surface area contributed by atoms with E-state index < -0.39 is 0 Å². The quantitative estimate of drug-likeness (QED) is 0.559. The number of rotatable bonds is 1. The monoisotopic (exact) mass is 330 g/mol. The molecule has 16 heavy (non-hydrogen) atoms. The summed E-state index contributed by atoms with van der Waals surface area (Å²) in [7, 11) is 0. The van der Waals surface area contributed by atoms with Crippen molar-refractivity contribution in [1.82, 2.24) is 0 Å². The summed E-state index contributed by atoms with van der Waals surface area (Å²) >= 11 is 2.29. The first kappa shape index (κ1) is 13.7. The van der Waals surface area contributed by atoms with Gasteiger partial charge >= 0.3 is 0 Å². The number of ketones is 1. The summed E-state index contributed by atoms with van der Waals surface area (Å²) in [5.41, 5.74) is 2.63. The highest BCUT2D eigenvalue weighted by Crippen LogP contribution is 2.30. The Morgan fingerprint density at radius 2 is 1.88 bits per heavy atom. The third-order valence-electron chi connectivity index (χ3n) is 2.87. The topological polar surface area (TPSA) is 17.1 Å². The van der Waals surface area contributed by atoms with Crippen molar-refractivity contribution in [2.24, 2.45) is 0 Å². The summed E-state index contributed by atoms with van der Waals surface area (Å²) in [6.07, 6.45) is 2.61. The molecule has 0 amide bonds. The van der Waals surface area contributed by atoms with Crippen molar-refractivity contribution in [2.75, 3.05) is 4.43 Å². The lowest BCUT2D eigenvalue weighted by atomic mass is 9.80. The molecule has 0 radical (unpaired) electrons. The van der Waals surface area contributed by atoms with Gasteiger partial charge in [0.15, 0.2) is 0 Å². The standard InChI is InChI=1S/C12H14O.C2H5I/c1-2-10-11-6-4-3-5-9(11)7-8-12(10)13;1-2-3/h3-6,10H,2,7-8H2,1H3;2H2,1H3. The summed E-state index contributed by atoms with van der Waals surface area (Å²) in [6, 6.07) is 8.33. The predicted molar refractivity (Wildman–Crippen MR) is 77.4 cm³/mol. The maximum absolute atomic E-state index is 11.6. The van der Waals surface area contributed by atoms with Gasteiger partial charge in [0.1, 0.15) is 5.78 Å². The zero-order valence-corrected chi connectivity index (χ0v) is 12.2. The molecular formula is C14H19IO. The normalized spacial score (nSPS) is 18.4. The second-order valence-corrected chi connectivity index (χ2v) is 5.42. The lowest BCUT2D eigenvalue weighted by Crippen LogP contribution is -2.19. The van der Waals surface area contributed by atoms with E-state index in [1.54, 1.807) is 0 Å². The van der Waals surface area contributed by atoms with Crippen LogP contribution in [0.25, 0.3) is 0 Å². The molecule has 2 rings (SSSR count). The Hall–Kier alpha value is -0.380. The van der Waals surface area contributed by atoms with E-state index in [1.807, 2.05) is 6.07 Å². The molecule has 88 valence electrons. The van der Waals surface area contributed by atoms with E-state index in [2.05, 4.69) is 54.6 Å². The van der Waals surface area contributed by atoms with Crippen molar-refractivity contribution in [1.29, 1.82) is 0 Å². The van der Waals surface area contributed by atoms with Crippen LogP contribution in [0.3, 0.4) is 0 Å². The molecule has 0 saturated heterocycles. The first-order valence-electron chi connectivity index (χ1n) is 5.91. The molecular weight excluding hydrogens is 311 g/mol. The number of hydrogen-bond donors (Lipinski definition) is 0. The Morgan fingerprint density at radius 3 is 2.50 bits per heavy atom. The van der Waals surface area contributed by atoms with Crippen molar-refractivity contribution >= 4 is 28.4 Å². The molecule has 0 heterocycles. The van der Waals surface area contributed by atoms with Crippen LogP contribution in [0.2, 0.25) is 0 Å². The second-order valence-electron chi connectivity index (χ2n) is 3.89. The lowest BCUT2D eigenvalue weighted by Gasteiger charge is -2.22. The number of carbonyl (C=O) groups excluding carboxylic acids is 1. The van der Waals surface area contributed by atoms with Crippen molar-refractivity contribution in [3.8, 4) is 0 Å². The average Bonchev–Trinajstić information content (AvgIpc) is 2.30. The van der Waals surface area contributed by atoms with Gasteiger partial charge in [-0.25, -0.2) is 0 Å². The molecule has 1 unspecified atom stereocenters. The van der Waals surface area contributed by atoms with E-state index in [-0.39, 0.29) is 5.92 Å². The van der Waals surface area contributed by atoms with Gasteiger partial charge in [-0.1, -0.05) is 60.7 Å². The van der Waals surface area contributed by atoms with E-state index >= 15 is 0 Å². The van der Waals surface area contributed by atoms with Gasteiger partial charge in [0.25, 0.3) is 0 Å². The maximum Gasteiger partial charge on any atom is 0.140 e. The van der Waals surface area contributed by atoms with Gasteiger partial charge in [-0.2, -0.15) is 0 Å². The number of fused-ring (bicyclic) bond motifs is 1. The highest BCUT2D eigenvalue weighted by molar-refractivity contribution is 14.1. The van der Waals surface area contributed by atoms with Crippen molar-refractivity contribution in [3.05, 3.63) is 35.4 Å². The molecule has 1 aromatic carbocycles. The Labute approximate surface area is 112 Å². The molecule has 1 nitrogen and oxygen atoms in total. The molecule has 0 aromatic heterocycles. The maximum atomic E-state index is 11.6. The first-order chi connectivity index (χ1) is 7.74. The van der Waals surface area contributed by atoms with Gasteiger partial charge in [-0.3, -0.25) is 4.79 Å². The number of hydrogen-bond acceptors (Lipinski definition) is 1. The van der Waals surface area contributed by atoms with Crippen molar-refractivity contribution < 1.29 is 4.79 Å². The molecule has 1 atom stereocenters. The first-order valence-corrected chi connectivity index (χ1v) is 7.43. The SMILES string of the molecule is CCC1C(=O)CCc2ccccc21.CCI. The van der Waals surface area contributed by atoms with Crippen LogP contribution < -0.4 is 0 Å². The third-order valence-corrected chi connectivity index (χ3v) is 2.87. The fourth-order valence-corrected chi connectivity index (χ4v) is 2.15. The van der Waals surface area contributed by atoms with Gasteiger partial charge in [0.2, 0.25) is 0 Å². The number of aryl methyl sites for hydroxylation is 1. The zero-order valence-electron chi connectivity index (χ0n) is 10.0. The van der Waals surface area contributed by atoms with Crippen molar-refractivity contribution in [3.63, 3.8) is 0 Å². The third kappa shape index (κ3) is 3.30. The minimum Gasteiger partial charge on any atom is -0.299 e. The van der Waals surface area contributed by atoms with E-state index in [0.29, 0.717) is 5.78 Å². The minimum atomic E-state index is 0.171. The molecule has 0 bridgehead atoms. The van der Waals surface area contributed by atoms with Crippen LogP contribution in [0.1, 0.15) is 43.7 Å². The molecule has 1 aliphatic rings.